The molecule has 102 valence electrons. The van der Waals surface area contributed by atoms with E-state index >= 15 is 0 Å². The molecule has 0 aliphatic carbocycles. The van der Waals surface area contributed by atoms with Crippen LogP contribution in [0.1, 0.15) is 32.8 Å². The van der Waals surface area contributed by atoms with Gasteiger partial charge in [0.1, 0.15) is 0 Å². The number of nitrogens with zero attached hydrogens (tertiary/aromatic N) is 1. The number of aliphatic hydroxyl groups excluding tert-OH is 1. The molecule has 0 aliphatic heterocycles. The average Bonchev–Trinajstić information content (AvgIpc) is 2.36. The van der Waals surface area contributed by atoms with Crippen molar-refractivity contribution in [3.05, 3.63) is 29.8 Å². The van der Waals surface area contributed by atoms with Crippen molar-refractivity contribution in [1.82, 2.24) is 0 Å². The highest BCUT2D eigenvalue weighted by Gasteiger charge is 2.14. The van der Waals surface area contributed by atoms with Crippen LogP contribution in [0.15, 0.2) is 24.3 Å². The van der Waals surface area contributed by atoms with E-state index in [-0.39, 0.29) is 6.61 Å². The topological polar surface area (TPSA) is 23.5 Å². The van der Waals surface area contributed by atoms with Crippen LogP contribution < -0.4 is 4.90 Å². The van der Waals surface area contributed by atoms with Gasteiger partial charge < -0.3 is 10.0 Å². The summed E-state index contributed by atoms with van der Waals surface area (Å²) in [6.07, 6.45) is 2.34. The second-order valence-electron chi connectivity index (χ2n) is 5.48. The Balaban J connectivity index is 2.63. The fourth-order valence-corrected chi connectivity index (χ4v) is 2.14. The zero-order chi connectivity index (χ0) is 13.5. The largest absolute Gasteiger partial charge is 0.396 e. The fraction of sp³-hybridized carbons (Fsp3) is 0.625. The molecule has 0 heterocycles. The molecule has 0 aliphatic rings. The summed E-state index contributed by atoms with van der Waals surface area (Å²) in [5.74, 6) is 0.849. The monoisotopic (exact) mass is 249 g/mol. The van der Waals surface area contributed by atoms with Crippen LogP contribution >= 0.6 is 0 Å². The molecule has 1 unspecified atom stereocenters. The summed E-state index contributed by atoms with van der Waals surface area (Å²) in [7, 11) is 2.10. The van der Waals surface area contributed by atoms with Crippen molar-refractivity contribution in [2.75, 3.05) is 25.1 Å². The van der Waals surface area contributed by atoms with E-state index in [4.69, 9.17) is 0 Å². The molecule has 18 heavy (non-hydrogen) atoms. The van der Waals surface area contributed by atoms with E-state index in [0.29, 0.717) is 11.8 Å². The van der Waals surface area contributed by atoms with Crippen molar-refractivity contribution in [3.63, 3.8) is 0 Å². The van der Waals surface area contributed by atoms with E-state index in [1.165, 1.54) is 17.7 Å². The highest BCUT2D eigenvalue weighted by Crippen LogP contribution is 2.18. The van der Waals surface area contributed by atoms with Crippen molar-refractivity contribution in [1.29, 1.82) is 0 Å². The lowest BCUT2D eigenvalue weighted by molar-refractivity contribution is 0.193. The number of hydrogen-bond donors (Lipinski definition) is 1. The quantitative estimate of drug-likeness (QED) is 0.801. The van der Waals surface area contributed by atoms with Gasteiger partial charge in [0.05, 0.1) is 0 Å². The predicted molar refractivity (Wildman–Crippen MR) is 79.1 cm³/mol. The van der Waals surface area contributed by atoms with Crippen molar-refractivity contribution in [2.24, 2.45) is 11.8 Å². The number of anilines is 1. The zero-order valence-electron chi connectivity index (χ0n) is 12.2. The Morgan fingerprint density at radius 2 is 1.78 bits per heavy atom. The molecule has 1 aromatic carbocycles. The van der Waals surface area contributed by atoms with Gasteiger partial charge in [-0.25, -0.2) is 0 Å². The molecular weight excluding hydrogens is 222 g/mol. The minimum Gasteiger partial charge on any atom is -0.396 e. The smallest absolute Gasteiger partial charge is 0.0478 e. The van der Waals surface area contributed by atoms with E-state index in [0.717, 1.165) is 13.0 Å². The first-order valence-corrected chi connectivity index (χ1v) is 6.99. The SMILES string of the molecule is CCCc1ccc(N(C)CC(CO)C(C)C)cc1. The highest BCUT2D eigenvalue weighted by atomic mass is 16.3. The summed E-state index contributed by atoms with van der Waals surface area (Å²) in [5, 5.41) is 9.38. The van der Waals surface area contributed by atoms with Crippen molar-refractivity contribution in [2.45, 2.75) is 33.6 Å². The van der Waals surface area contributed by atoms with Gasteiger partial charge in [0.15, 0.2) is 0 Å². The summed E-state index contributed by atoms with van der Waals surface area (Å²) in [5.41, 5.74) is 2.63. The van der Waals surface area contributed by atoms with Crippen molar-refractivity contribution in [3.8, 4) is 0 Å². The molecule has 0 spiro atoms. The van der Waals surface area contributed by atoms with Gasteiger partial charge in [-0.15, -0.1) is 0 Å². The van der Waals surface area contributed by atoms with Crippen LogP contribution in [0, 0.1) is 11.8 Å². The normalized spacial score (nSPS) is 12.8. The Hall–Kier alpha value is -1.02. The lowest BCUT2D eigenvalue weighted by atomic mass is 9.96. The van der Waals surface area contributed by atoms with E-state index < -0.39 is 0 Å². The van der Waals surface area contributed by atoms with Gasteiger partial charge >= 0.3 is 0 Å². The maximum absolute atomic E-state index is 9.38. The van der Waals surface area contributed by atoms with Crippen molar-refractivity contribution < 1.29 is 5.11 Å². The summed E-state index contributed by atoms with van der Waals surface area (Å²) in [6, 6.07) is 8.77. The lowest BCUT2D eigenvalue weighted by Gasteiger charge is -2.27. The fourth-order valence-electron chi connectivity index (χ4n) is 2.14. The van der Waals surface area contributed by atoms with Crippen LogP contribution in [0.3, 0.4) is 0 Å². The molecule has 1 aromatic rings. The standard InChI is InChI=1S/C16H27NO/c1-5-6-14-7-9-16(10-8-14)17(4)11-15(12-18)13(2)3/h7-10,13,15,18H,5-6,11-12H2,1-4H3. The van der Waals surface area contributed by atoms with E-state index in [1.807, 2.05) is 0 Å². The third-order valence-electron chi connectivity index (χ3n) is 3.60. The lowest BCUT2D eigenvalue weighted by Crippen LogP contribution is -2.30. The van der Waals surface area contributed by atoms with Crippen LogP contribution in [-0.2, 0) is 6.42 Å². The van der Waals surface area contributed by atoms with Crippen LogP contribution in [-0.4, -0.2) is 25.3 Å². The van der Waals surface area contributed by atoms with Gasteiger partial charge in [0.25, 0.3) is 0 Å². The molecule has 1 rings (SSSR count). The molecule has 0 aromatic heterocycles. The van der Waals surface area contributed by atoms with Crippen LogP contribution in [0.4, 0.5) is 5.69 Å². The Bertz CT molecular complexity index is 331. The Kier molecular flexibility index (Phi) is 6.20. The number of benzene rings is 1. The van der Waals surface area contributed by atoms with Crippen LogP contribution in [0.2, 0.25) is 0 Å². The Labute approximate surface area is 112 Å². The predicted octanol–water partition coefficient (Wildman–Crippen LogP) is 3.34. The number of hydrogen-bond acceptors (Lipinski definition) is 2. The Morgan fingerprint density at radius 3 is 2.22 bits per heavy atom. The molecule has 1 atom stereocenters. The third-order valence-corrected chi connectivity index (χ3v) is 3.60. The summed E-state index contributed by atoms with van der Waals surface area (Å²) in [6.45, 7) is 7.70. The van der Waals surface area contributed by atoms with Crippen LogP contribution in [0.25, 0.3) is 0 Å². The third kappa shape index (κ3) is 4.34. The molecule has 0 saturated carbocycles. The first-order chi connectivity index (χ1) is 8.58. The molecule has 2 nitrogen and oxygen atoms in total. The average molecular weight is 249 g/mol. The molecule has 1 N–H and O–H groups in total. The van der Waals surface area contributed by atoms with E-state index in [2.05, 4.69) is 57.0 Å². The number of rotatable bonds is 7. The molecule has 0 amide bonds. The molecule has 0 fully saturated rings. The molecule has 2 heteroatoms. The van der Waals surface area contributed by atoms with E-state index in [9.17, 15) is 5.11 Å². The molecule has 0 radical (unpaired) electrons. The maximum atomic E-state index is 9.38. The molecule has 0 saturated heterocycles. The van der Waals surface area contributed by atoms with E-state index in [1.54, 1.807) is 0 Å². The number of aryl methyl sites for hydroxylation is 1. The second-order valence-corrected chi connectivity index (χ2v) is 5.48. The van der Waals surface area contributed by atoms with Crippen LogP contribution in [0.5, 0.6) is 0 Å². The zero-order valence-corrected chi connectivity index (χ0v) is 12.2. The van der Waals surface area contributed by atoms with Gasteiger partial charge in [-0.1, -0.05) is 39.3 Å². The summed E-state index contributed by atoms with van der Waals surface area (Å²) < 4.78 is 0. The first-order valence-electron chi connectivity index (χ1n) is 6.99. The first kappa shape index (κ1) is 15.0. The minimum atomic E-state index is 0.260. The maximum Gasteiger partial charge on any atom is 0.0478 e. The Morgan fingerprint density at radius 1 is 1.17 bits per heavy atom. The molecule has 0 bridgehead atoms. The minimum absolute atomic E-state index is 0.260. The van der Waals surface area contributed by atoms with Gasteiger partial charge in [0.2, 0.25) is 0 Å². The van der Waals surface area contributed by atoms with Gasteiger partial charge in [0, 0.05) is 31.8 Å². The summed E-state index contributed by atoms with van der Waals surface area (Å²) in [4.78, 5) is 2.23. The highest BCUT2D eigenvalue weighted by molar-refractivity contribution is 5.46. The van der Waals surface area contributed by atoms with Gasteiger partial charge in [-0.2, -0.15) is 0 Å². The molecular formula is C16H27NO. The summed E-state index contributed by atoms with van der Waals surface area (Å²) >= 11 is 0. The second kappa shape index (κ2) is 7.42. The van der Waals surface area contributed by atoms with Gasteiger partial charge in [-0.3, -0.25) is 0 Å². The van der Waals surface area contributed by atoms with Gasteiger partial charge in [-0.05, 0) is 30.0 Å². The van der Waals surface area contributed by atoms with Crippen molar-refractivity contribution >= 4 is 5.69 Å². The number of aliphatic hydroxyl groups is 1.